The lowest BCUT2D eigenvalue weighted by Crippen LogP contribution is -2.18. The summed E-state index contributed by atoms with van der Waals surface area (Å²) in [5.74, 6) is -7.76. The number of halogens is 4. The first kappa shape index (κ1) is 24.0. The lowest BCUT2D eigenvalue weighted by atomic mass is 9.77. The first-order chi connectivity index (χ1) is 13.6. The molecule has 0 amide bonds. The summed E-state index contributed by atoms with van der Waals surface area (Å²) in [5.41, 5.74) is 1.93. The Labute approximate surface area is 175 Å². The Morgan fingerprint density at radius 1 is 0.900 bits per heavy atom. The van der Waals surface area contributed by atoms with Crippen molar-refractivity contribution in [3.63, 3.8) is 0 Å². The molecule has 0 radical (unpaired) electrons. The highest BCUT2D eigenvalue weighted by Gasteiger charge is 2.28. The fourth-order valence-electron chi connectivity index (χ4n) is 3.18. The number of nitrogens with zero attached hydrogens (tertiary/aromatic N) is 1. The minimum absolute atomic E-state index is 0.101. The van der Waals surface area contributed by atoms with E-state index in [9.17, 15) is 22.7 Å². The van der Waals surface area contributed by atoms with Crippen LogP contribution < -0.4 is 4.74 Å². The molecule has 166 valence electrons. The maximum atomic E-state index is 13.7. The molecule has 0 saturated heterocycles. The van der Waals surface area contributed by atoms with Gasteiger partial charge in [0.25, 0.3) is 11.9 Å². The van der Waals surface area contributed by atoms with Crippen molar-refractivity contribution < 1.29 is 27.4 Å². The molecule has 0 aliphatic carbocycles. The molecule has 7 heteroatoms. The van der Waals surface area contributed by atoms with Gasteiger partial charge in [-0.25, -0.2) is 0 Å². The van der Waals surface area contributed by atoms with Gasteiger partial charge in [-0.05, 0) is 39.9 Å². The quantitative estimate of drug-likeness (QED) is 0.437. The van der Waals surface area contributed by atoms with E-state index in [0.717, 1.165) is 16.7 Å². The van der Waals surface area contributed by atoms with Gasteiger partial charge in [0.05, 0.1) is 6.61 Å². The number of rotatable bonds is 5. The molecule has 0 aliphatic rings. The average Bonchev–Trinajstić information content (AvgIpc) is 2.61. The molecule has 1 aromatic carbocycles. The van der Waals surface area contributed by atoms with Gasteiger partial charge < -0.3 is 9.84 Å². The number of ether oxygens (including phenoxy) is 1. The molecule has 0 spiro atoms. The van der Waals surface area contributed by atoms with Gasteiger partial charge in [0.15, 0.2) is 5.75 Å². The molecule has 0 unspecified atom stereocenters. The lowest BCUT2D eigenvalue weighted by Gasteiger charge is -2.29. The third-order valence-electron chi connectivity index (χ3n) is 5.07. The molecule has 0 bridgehead atoms. The SMILES string of the molecule is C[C@@H](CCOc1c(F)c(F)nc(F)c1F)c1cc(C(C)(C)C)c(O)c(C(C)(C)C)c1. The van der Waals surface area contributed by atoms with Gasteiger partial charge in [-0.15, -0.1) is 0 Å². The van der Waals surface area contributed by atoms with Gasteiger partial charge >= 0.3 is 0 Å². The zero-order valence-electron chi connectivity index (χ0n) is 18.5. The maximum absolute atomic E-state index is 13.7. The molecule has 30 heavy (non-hydrogen) atoms. The van der Waals surface area contributed by atoms with Crippen LogP contribution in [0.2, 0.25) is 0 Å². The van der Waals surface area contributed by atoms with Gasteiger partial charge in [-0.3, -0.25) is 0 Å². The molecule has 2 rings (SSSR count). The minimum Gasteiger partial charge on any atom is -0.507 e. The van der Waals surface area contributed by atoms with Crippen LogP contribution in [0, 0.1) is 23.5 Å². The van der Waals surface area contributed by atoms with E-state index in [0.29, 0.717) is 6.42 Å². The lowest BCUT2D eigenvalue weighted by molar-refractivity contribution is 0.254. The molecular formula is C23H29F4NO2. The summed E-state index contributed by atoms with van der Waals surface area (Å²) in [6.45, 7) is 13.8. The number of aromatic nitrogens is 1. The van der Waals surface area contributed by atoms with Crippen molar-refractivity contribution in [1.29, 1.82) is 0 Å². The zero-order valence-corrected chi connectivity index (χ0v) is 18.5. The Balaban J connectivity index is 2.29. The van der Waals surface area contributed by atoms with Crippen LogP contribution in [0.5, 0.6) is 11.5 Å². The zero-order chi connectivity index (χ0) is 23.0. The van der Waals surface area contributed by atoms with E-state index in [4.69, 9.17) is 4.74 Å². The Hall–Kier alpha value is -2.31. The van der Waals surface area contributed by atoms with E-state index >= 15 is 0 Å². The standard InChI is InChI=1S/C23H29F4NO2/c1-12(8-9-30-19-16(24)20(26)28-21(27)17(19)25)13-10-14(22(2,3)4)18(29)15(11-13)23(5,6)7/h10-12,29H,8-9H2,1-7H3/t12-/m0/s1. The summed E-state index contributed by atoms with van der Waals surface area (Å²) in [6, 6.07) is 3.84. The Bertz CT molecular complexity index is 869. The second kappa shape index (κ2) is 8.44. The van der Waals surface area contributed by atoms with Gasteiger partial charge in [-0.1, -0.05) is 60.6 Å². The number of hydrogen-bond acceptors (Lipinski definition) is 3. The van der Waals surface area contributed by atoms with Crippen LogP contribution in [-0.4, -0.2) is 16.7 Å². The number of phenolic OH excluding ortho intramolecular Hbond substituents is 1. The number of benzene rings is 1. The molecule has 1 atom stereocenters. The average molecular weight is 427 g/mol. The third kappa shape index (κ3) is 5.05. The summed E-state index contributed by atoms with van der Waals surface area (Å²) in [7, 11) is 0. The monoisotopic (exact) mass is 427 g/mol. The number of hydrogen-bond donors (Lipinski definition) is 1. The van der Waals surface area contributed by atoms with Crippen LogP contribution in [0.4, 0.5) is 17.6 Å². The Kier molecular flexibility index (Phi) is 6.74. The highest BCUT2D eigenvalue weighted by molar-refractivity contribution is 5.50. The smallest absolute Gasteiger partial charge is 0.255 e. The van der Waals surface area contributed by atoms with Crippen molar-refractivity contribution in [2.24, 2.45) is 0 Å². The molecule has 3 nitrogen and oxygen atoms in total. The fourth-order valence-corrected chi connectivity index (χ4v) is 3.18. The normalized spacial score (nSPS) is 13.4. The van der Waals surface area contributed by atoms with Crippen LogP contribution in [0.15, 0.2) is 12.1 Å². The molecular weight excluding hydrogens is 398 g/mol. The molecule has 0 aliphatic heterocycles. The number of pyridine rings is 1. The van der Waals surface area contributed by atoms with Gasteiger partial charge in [0.2, 0.25) is 11.6 Å². The molecule has 2 aromatic rings. The fraction of sp³-hybridized carbons (Fsp3) is 0.522. The maximum Gasteiger partial charge on any atom is 0.255 e. The van der Waals surface area contributed by atoms with Crippen molar-refractivity contribution in [2.45, 2.75) is 71.6 Å². The predicted molar refractivity (Wildman–Crippen MR) is 108 cm³/mol. The molecule has 1 N–H and O–H groups in total. The van der Waals surface area contributed by atoms with Gasteiger partial charge in [0, 0.05) is 0 Å². The Morgan fingerprint density at radius 3 is 1.73 bits per heavy atom. The predicted octanol–water partition coefficient (Wildman–Crippen LogP) is 6.51. The van der Waals surface area contributed by atoms with Crippen molar-refractivity contribution in [3.8, 4) is 11.5 Å². The highest BCUT2D eigenvalue weighted by Crippen LogP contribution is 2.41. The van der Waals surface area contributed by atoms with E-state index in [1.807, 2.05) is 60.6 Å². The summed E-state index contributed by atoms with van der Waals surface area (Å²) in [4.78, 5) is 2.51. The molecule has 1 aromatic heterocycles. The summed E-state index contributed by atoms with van der Waals surface area (Å²) >= 11 is 0. The van der Waals surface area contributed by atoms with Crippen LogP contribution in [0.3, 0.4) is 0 Å². The summed E-state index contributed by atoms with van der Waals surface area (Å²) in [6.07, 6.45) is 0.336. The minimum atomic E-state index is -1.75. The number of phenols is 1. The van der Waals surface area contributed by atoms with Crippen molar-refractivity contribution >= 4 is 0 Å². The van der Waals surface area contributed by atoms with Crippen LogP contribution >= 0.6 is 0 Å². The first-order valence-electron chi connectivity index (χ1n) is 9.85. The van der Waals surface area contributed by atoms with E-state index in [1.54, 1.807) is 0 Å². The van der Waals surface area contributed by atoms with E-state index < -0.39 is 29.3 Å². The van der Waals surface area contributed by atoms with E-state index in [2.05, 4.69) is 4.98 Å². The highest BCUT2D eigenvalue weighted by atomic mass is 19.2. The van der Waals surface area contributed by atoms with Crippen LogP contribution in [0.1, 0.15) is 77.5 Å². The third-order valence-corrected chi connectivity index (χ3v) is 5.07. The molecule has 0 fully saturated rings. The first-order valence-corrected chi connectivity index (χ1v) is 9.85. The van der Waals surface area contributed by atoms with Gasteiger partial charge in [-0.2, -0.15) is 22.5 Å². The summed E-state index contributed by atoms with van der Waals surface area (Å²) < 4.78 is 58.9. The molecule has 1 heterocycles. The van der Waals surface area contributed by atoms with Crippen molar-refractivity contribution in [1.82, 2.24) is 4.98 Å². The van der Waals surface area contributed by atoms with Crippen LogP contribution in [0.25, 0.3) is 0 Å². The van der Waals surface area contributed by atoms with Crippen molar-refractivity contribution in [3.05, 3.63) is 52.4 Å². The molecule has 0 saturated carbocycles. The second-order valence-corrected chi connectivity index (χ2v) is 9.65. The Morgan fingerprint density at radius 2 is 1.33 bits per heavy atom. The van der Waals surface area contributed by atoms with Crippen molar-refractivity contribution in [2.75, 3.05) is 6.61 Å². The van der Waals surface area contributed by atoms with E-state index in [1.165, 1.54) is 0 Å². The van der Waals surface area contributed by atoms with Gasteiger partial charge in [0.1, 0.15) is 5.75 Å². The van der Waals surface area contributed by atoms with E-state index in [-0.39, 0.29) is 29.1 Å². The van der Waals surface area contributed by atoms with Crippen LogP contribution in [-0.2, 0) is 10.8 Å². The second-order valence-electron chi connectivity index (χ2n) is 9.65. The summed E-state index contributed by atoms with van der Waals surface area (Å²) in [5, 5.41) is 10.8. The number of aromatic hydroxyl groups is 1. The largest absolute Gasteiger partial charge is 0.507 e. The topological polar surface area (TPSA) is 42.4 Å².